The number of halogens is 1. The molecule has 0 spiro atoms. The fourth-order valence-corrected chi connectivity index (χ4v) is 1.57. The standard InChI is InChI=1S/C12H13FO2/c1-12(5-6-12)11(14)8-3-4-10(15-2)9(13)7-8/h3-4,7H,5-6H2,1-2H3. The van der Waals surface area contributed by atoms with E-state index in [1.165, 1.54) is 19.2 Å². The van der Waals surface area contributed by atoms with E-state index in [0.29, 0.717) is 5.56 Å². The molecule has 0 saturated heterocycles. The van der Waals surface area contributed by atoms with Gasteiger partial charge in [0.1, 0.15) is 0 Å². The van der Waals surface area contributed by atoms with Crippen molar-refractivity contribution < 1.29 is 13.9 Å². The maximum Gasteiger partial charge on any atom is 0.168 e. The summed E-state index contributed by atoms with van der Waals surface area (Å²) >= 11 is 0. The lowest BCUT2D eigenvalue weighted by molar-refractivity contribution is 0.0912. The molecule has 1 fully saturated rings. The minimum absolute atomic E-state index is 0.0315. The molecule has 0 unspecified atom stereocenters. The van der Waals surface area contributed by atoms with Crippen LogP contribution in [0.5, 0.6) is 5.75 Å². The minimum atomic E-state index is -0.479. The fourth-order valence-electron chi connectivity index (χ4n) is 1.57. The SMILES string of the molecule is COc1ccc(C(=O)C2(C)CC2)cc1F. The molecule has 0 radical (unpaired) electrons. The molecule has 0 N–H and O–H groups in total. The van der Waals surface area contributed by atoms with E-state index < -0.39 is 5.82 Å². The molecule has 15 heavy (non-hydrogen) atoms. The molecule has 1 aromatic carbocycles. The van der Waals surface area contributed by atoms with Crippen LogP contribution in [-0.2, 0) is 0 Å². The minimum Gasteiger partial charge on any atom is -0.494 e. The maximum atomic E-state index is 13.3. The molecule has 0 heterocycles. The van der Waals surface area contributed by atoms with Gasteiger partial charge in [0.05, 0.1) is 7.11 Å². The van der Waals surface area contributed by atoms with Gasteiger partial charge < -0.3 is 4.74 Å². The molecule has 0 bridgehead atoms. The van der Waals surface area contributed by atoms with Gasteiger partial charge in [0, 0.05) is 11.0 Å². The van der Waals surface area contributed by atoms with E-state index in [-0.39, 0.29) is 16.9 Å². The number of ketones is 1. The summed E-state index contributed by atoms with van der Waals surface area (Å²) in [5.74, 6) is -0.274. The fraction of sp³-hybridized carbons (Fsp3) is 0.417. The Labute approximate surface area is 88.1 Å². The summed E-state index contributed by atoms with van der Waals surface area (Å²) < 4.78 is 18.1. The quantitative estimate of drug-likeness (QED) is 0.714. The summed E-state index contributed by atoms with van der Waals surface area (Å²) in [6.07, 6.45) is 1.80. The number of hydrogen-bond acceptors (Lipinski definition) is 2. The second-order valence-corrected chi connectivity index (χ2v) is 4.24. The van der Waals surface area contributed by atoms with E-state index in [1.807, 2.05) is 6.92 Å². The van der Waals surface area contributed by atoms with E-state index in [9.17, 15) is 9.18 Å². The van der Waals surface area contributed by atoms with Gasteiger partial charge in [0.25, 0.3) is 0 Å². The highest BCUT2D eigenvalue weighted by molar-refractivity contribution is 6.02. The average Bonchev–Trinajstić information content (AvgIpc) is 2.96. The van der Waals surface area contributed by atoms with Gasteiger partial charge in [0.15, 0.2) is 17.3 Å². The van der Waals surface area contributed by atoms with Crippen molar-refractivity contribution in [3.63, 3.8) is 0 Å². The molecule has 2 rings (SSSR count). The molecule has 1 aromatic rings. The number of rotatable bonds is 3. The van der Waals surface area contributed by atoms with Crippen LogP contribution in [0.25, 0.3) is 0 Å². The molecule has 1 aliphatic rings. The Morgan fingerprint density at radius 3 is 2.60 bits per heavy atom. The van der Waals surface area contributed by atoms with Gasteiger partial charge in [-0.3, -0.25) is 4.79 Å². The Morgan fingerprint density at radius 1 is 1.47 bits per heavy atom. The Hall–Kier alpha value is -1.38. The van der Waals surface area contributed by atoms with Crippen LogP contribution in [0.3, 0.4) is 0 Å². The third kappa shape index (κ3) is 1.74. The summed E-state index contributed by atoms with van der Waals surface area (Å²) in [4.78, 5) is 11.9. The average molecular weight is 208 g/mol. The van der Waals surface area contributed by atoms with E-state index in [2.05, 4.69) is 0 Å². The Bertz CT molecular complexity index is 408. The zero-order valence-electron chi connectivity index (χ0n) is 8.84. The van der Waals surface area contributed by atoms with Crippen LogP contribution >= 0.6 is 0 Å². The maximum absolute atomic E-state index is 13.3. The van der Waals surface area contributed by atoms with Gasteiger partial charge >= 0.3 is 0 Å². The number of Topliss-reactive ketones (excluding diaryl/α,β-unsaturated/α-hetero) is 1. The predicted octanol–water partition coefficient (Wildman–Crippen LogP) is 2.82. The van der Waals surface area contributed by atoms with Crippen molar-refractivity contribution in [3.05, 3.63) is 29.6 Å². The van der Waals surface area contributed by atoms with Crippen molar-refractivity contribution in [1.29, 1.82) is 0 Å². The van der Waals surface area contributed by atoms with Crippen LogP contribution in [0.2, 0.25) is 0 Å². The van der Waals surface area contributed by atoms with Crippen LogP contribution in [0.4, 0.5) is 4.39 Å². The summed E-state index contributed by atoms with van der Waals surface area (Å²) in [5.41, 5.74) is 0.189. The van der Waals surface area contributed by atoms with Crippen LogP contribution in [0.1, 0.15) is 30.1 Å². The highest BCUT2D eigenvalue weighted by atomic mass is 19.1. The van der Waals surface area contributed by atoms with Crippen molar-refractivity contribution in [3.8, 4) is 5.75 Å². The monoisotopic (exact) mass is 208 g/mol. The molecule has 1 aliphatic carbocycles. The molecule has 3 heteroatoms. The smallest absolute Gasteiger partial charge is 0.168 e. The van der Waals surface area contributed by atoms with Crippen molar-refractivity contribution in [2.75, 3.05) is 7.11 Å². The number of methoxy groups -OCH3 is 1. The molecular formula is C12H13FO2. The number of benzene rings is 1. The van der Waals surface area contributed by atoms with Gasteiger partial charge in [-0.1, -0.05) is 6.92 Å². The zero-order valence-corrected chi connectivity index (χ0v) is 8.84. The molecule has 0 amide bonds. The summed E-state index contributed by atoms with van der Waals surface area (Å²) in [6.45, 7) is 1.91. The lowest BCUT2D eigenvalue weighted by atomic mass is 9.97. The van der Waals surface area contributed by atoms with Crippen LogP contribution in [-0.4, -0.2) is 12.9 Å². The first-order valence-corrected chi connectivity index (χ1v) is 4.95. The molecule has 80 valence electrons. The van der Waals surface area contributed by atoms with Crippen molar-refractivity contribution in [1.82, 2.24) is 0 Å². The summed E-state index contributed by atoms with van der Waals surface area (Å²) in [6, 6.07) is 4.37. The van der Waals surface area contributed by atoms with Crippen LogP contribution < -0.4 is 4.74 Å². The van der Waals surface area contributed by atoms with Gasteiger partial charge in [-0.25, -0.2) is 4.39 Å². The van der Waals surface area contributed by atoms with Gasteiger partial charge in [-0.15, -0.1) is 0 Å². The topological polar surface area (TPSA) is 26.3 Å². The van der Waals surface area contributed by atoms with Crippen molar-refractivity contribution >= 4 is 5.78 Å². The molecular weight excluding hydrogens is 195 g/mol. The first-order valence-electron chi connectivity index (χ1n) is 4.95. The van der Waals surface area contributed by atoms with Gasteiger partial charge in [-0.2, -0.15) is 0 Å². The second-order valence-electron chi connectivity index (χ2n) is 4.24. The van der Waals surface area contributed by atoms with E-state index in [1.54, 1.807) is 6.07 Å². The lowest BCUT2D eigenvalue weighted by Gasteiger charge is -2.08. The highest BCUT2D eigenvalue weighted by Gasteiger charge is 2.45. The number of ether oxygens (including phenoxy) is 1. The first-order chi connectivity index (χ1) is 7.07. The van der Waals surface area contributed by atoms with E-state index in [0.717, 1.165) is 12.8 Å². The lowest BCUT2D eigenvalue weighted by Crippen LogP contribution is -2.12. The van der Waals surface area contributed by atoms with E-state index >= 15 is 0 Å². The predicted molar refractivity (Wildman–Crippen MR) is 54.6 cm³/mol. The highest BCUT2D eigenvalue weighted by Crippen LogP contribution is 2.47. The largest absolute Gasteiger partial charge is 0.494 e. The third-order valence-corrected chi connectivity index (χ3v) is 2.96. The molecule has 1 saturated carbocycles. The van der Waals surface area contributed by atoms with Crippen molar-refractivity contribution in [2.24, 2.45) is 5.41 Å². The number of carbonyl (C=O) groups is 1. The molecule has 0 aromatic heterocycles. The Kier molecular flexibility index (Phi) is 2.25. The molecule has 2 nitrogen and oxygen atoms in total. The molecule has 0 aliphatic heterocycles. The van der Waals surface area contributed by atoms with Crippen LogP contribution in [0, 0.1) is 11.2 Å². The molecule has 0 atom stereocenters. The third-order valence-electron chi connectivity index (χ3n) is 2.96. The first kappa shape index (κ1) is 10.1. The number of carbonyl (C=O) groups excluding carboxylic acids is 1. The van der Waals surface area contributed by atoms with Gasteiger partial charge in [-0.05, 0) is 31.0 Å². The Morgan fingerprint density at radius 2 is 2.13 bits per heavy atom. The summed E-state index contributed by atoms with van der Waals surface area (Å²) in [7, 11) is 1.40. The van der Waals surface area contributed by atoms with Gasteiger partial charge in [0.2, 0.25) is 0 Å². The summed E-state index contributed by atoms with van der Waals surface area (Å²) in [5, 5.41) is 0. The van der Waals surface area contributed by atoms with E-state index in [4.69, 9.17) is 4.74 Å². The van der Waals surface area contributed by atoms with Crippen molar-refractivity contribution in [2.45, 2.75) is 19.8 Å². The number of hydrogen-bond donors (Lipinski definition) is 0. The second kappa shape index (κ2) is 3.33. The Balaban J connectivity index is 2.30. The zero-order chi connectivity index (χ0) is 11.1. The van der Waals surface area contributed by atoms with Crippen LogP contribution in [0.15, 0.2) is 18.2 Å². The normalized spacial score (nSPS) is 17.3.